The van der Waals surface area contributed by atoms with Gasteiger partial charge < -0.3 is 10.5 Å². The first kappa shape index (κ1) is 9.46. The normalized spacial score (nSPS) is 18.0. The molecule has 1 aromatic carbocycles. The number of halogens is 1. The van der Waals surface area contributed by atoms with Crippen LogP contribution in [0.15, 0.2) is 12.1 Å². The average Bonchev–Trinajstić information content (AvgIpc) is 2.89. The largest absolute Gasteiger partial charge is 0.496 e. The summed E-state index contributed by atoms with van der Waals surface area (Å²) in [5.41, 5.74) is 7.17. The minimum atomic E-state index is -0.350. The van der Waals surface area contributed by atoms with Gasteiger partial charge >= 0.3 is 0 Å². The van der Waals surface area contributed by atoms with E-state index in [1.54, 1.807) is 20.1 Å². The summed E-state index contributed by atoms with van der Waals surface area (Å²) in [6.45, 7) is 1.75. The summed E-state index contributed by atoms with van der Waals surface area (Å²) >= 11 is 0. The first-order valence-corrected chi connectivity index (χ1v) is 4.71. The van der Waals surface area contributed by atoms with Gasteiger partial charge in [0.1, 0.15) is 11.6 Å². The first-order chi connectivity index (χ1) is 6.58. The predicted octanol–water partition coefficient (Wildman–Crippen LogP) is 2.09. The highest BCUT2D eigenvalue weighted by atomic mass is 19.1. The van der Waals surface area contributed by atoms with Crippen LogP contribution in [0.5, 0.6) is 5.75 Å². The fourth-order valence-electron chi connectivity index (χ4n) is 1.83. The van der Waals surface area contributed by atoms with Crippen LogP contribution in [0.2, 0.25) is 0 Å². The maximum Gasteiger partial charge on any atom is 0.126 e. The quantitative estimate of drug-likeness (QED) is 0.784. The van der Waals surface area contributed by atoms with Gasteiger partial charge in [-0.2, -0.15) is 0 Å². The molecule has 2 N–H and O–H groups in total. The topological polar surface area (TPSA) is 35.2 Å². The highest BCUT2D eigenvalue weighted by Crippen LogP contribution is 2.48. The molecule has 0 atom stereocenters. The van der Waals surface area contributed by atoms with Crippen LogP contribution in [0.4, 0.5) is 4.39 Å². The molecule has 0 saturated heterocycles. The summed E-state index contributed by atoms with van der Waals surface area (Å²) < 4.78 is 18.5. The smallest absolute Gasteiger partial charge is 0.126 e. The molecule has 1 aromatic rings. The standard InChI is InChI=1S/C11H14FNO/c1-7-8(12)3-4-9(14-2)10(7)11(13)5-6-11/h3-4H,5-6,13H2,1-2H3. The van der Waals surface area contributed by atoms with Crippen molar-refractivity contribution in [3.8, 4) is 5.75 Å². The molecule has 1 aliphatic carbocycles. The van der Waals surface area contributed by atoms with E-state index in [9.17, 15) is 4.39 Å². The van der Waals surface area contributed by atoms with Crippen molar-refractivity contribution in [1.29, 1.82) is 0 Å². The molecule has 1 saturated carbocycles. The van der Waals surface area contributed by atoms with Gasteiger partial charge in [-0.05, 0) is 37.5 Å². The van der Waals surface area contributed by atoms with Crippen molar-refractivity contribution in [2.75, 3.05) is 7.11 Å². The Labute approximate surface area is 82.9 Å². The van der Waals surface area contributed by atoms with E-state index < -0.39 is 0 Å². The average molecular weight is 195 g/mol. The van der Waals surface area contributed by atoms with E-state index in [0.29, 0.717) is 11.3 Å². The molecule has 0 aromatic heterocycles. The molecular formula is C11H14FNO. The SMILES string of the molecule is COc1ccc(F)c(C)c1C1(N)CC1. The van der Waals surface area contributed by atoms with E-state index >= 15 is 0 Å². The predicted molar refractivity (Wildman–Crippen MR) is 52.8 cm³/mol. The van der Waals surface area contributed by atoms with Crippen LogP contribution in [0.3, 0.4) is 0 Å². The fraction of sp³-hybridized carbons (Fsp3) is 0.455. The van der Waals surface area contributed by atoms with E-state index in [2.05, 4.69) is 0 Å². The number of rotatable bonds is 2. The highest BCUT2D eigenvalue weighted by Gasteiger charge is 2.43. The number of ether oxygens (including phenoxy) is 1. The van der Waals surface area contributed by atoms with Gasteiger partial charge in [-0.3, -0.25) is 0 Å². The number of hydrogen-bond acceptors (Lipinski definition) is 2. The minimum Gasteiger partial charge on any atom is -0.496 e. The van der Waals surface area contributed by atoms with Crippen LogP contribution in [0.25, 0.3) is 0 Å². The van der Waals surface area contributed by atoms with Gasteiger partial charge in [0.15, 0.2) is 0 Å². The van der Waals surface area contributed by atoms with Gasteiger partial charge in [0, 0.05) is 11.1 Å². The third kappa shape index (κ3) is 1.28. The Balaban J connectivity index is 2.59. The van der Waals surface area contributed by atoms with Crippen molar-refractivity contribution < 1.29 is 9.13 Å². The lowest BCUT2D eigenvalue weighted by molar-refractivity contribution is 0.402. The van der Waals surface area contributed by atoms with Crippen molar-refractivity contribution in [3.05, 3.63) is 29.1 Å². The number of nitrogens with two attached hydrogens (primary N) is 1. The zero-order chi connectivity index (χ0) is 10.3. The van der Waals surface area contributed by atoms with Crippen molar-refractivity contribution in [2.45, 2.75) is 25.3 Å². The van der Waals surface area contributed by atoms with Gasteiger partial charge in [-0.15, -0.1) is 0 Å². The lowest BCUT2D eigenvalue weighted by Crippen LogP contribution is -2.21. The van der Waals surface area contributed by atoms with Crippen molar-refractivity contribution in [2.24, 2.45) is 5.73 Å². The van der Waals surface area contributed by atoms with Gasteiger partial charge in [-0.1, -0.05) is 0 Å². The zero-order valence-electron chi connectivity index (χ0n) is 8.43. The molecule has 1 fully saturated rings. The number of hydrogen-bond donors (Lipinski definition) is 1. The third-order valence-electron chi connectivity index (χ3n) is 2.87. The summed E-state index contributed by atoms with van der Waals surface area (Å²) in [6.07, 6.45) is 1.82. The van der Waals surface area contributed by atoms with E-state index in [-0.39, 0.29) is 11.4 Å². The molecule has 0 amide bonds. The van der Waals surface area contributed by atoms with Crippen molar-refractivity contribution >= 4 is 0 Å². The number of benzene rings is 1. The second kappa shape index (κ2) is 2.95. The molecular weight excluding hydrogens is 181 g/mol. The van der Waals surface area contributed by atoms with Crippen LogP contribution in [0.1, 0.15) is 24.0 Å². The van der Waals surface area contributed by atoms with Gasteiger partial charge in [0.25, 0.3) is 0 Å². The fourth-order valence-corrected chi connectivity index (χ4v) is 1.83. The van der Waals surface area contributed by atoms with Crippen molar-refractivity contribution in [3.63, 3.8) is 0 Å². The van der Waals surface area contributed by atoms with Crippen molar-refractivity contribution in [1.82, 2.24) is 0 Å². The summed E-state index contributed by atoms with van der Waals surface area (Å²) in [6, 6.07) is 3.06. The third-order valence-corrected chi connectivity index (χ3v) is 2.87. The van der Waals surface area contributed by atoms with Gasteiger partial charge in [0.2, 0.25) is 0 Å². The van der Waals surface area contributed by atoms with E-state index in [1.165, 1.54) is 6.07 Å². The van der Waals surface area contributed by atoms with Crippen LogP contribution in [-0.2, 0) is 5.54 Å². The van der Waals surface area contributed by atoms with Gasteiger partial charge in [-0.25, -0.2) is 4.39 Å². The molecule has 0 bridgehead atoms. The monoisotopic (exact) mass is 195 g/mol. The summed E-state index contributed by atoms with van der Waals surface area (Å²) in [7, 11) is 1.59. The Kier molecular flexibility index (Phi) is 2.00. The lowest BCUT2D eigenvalue weighted by Gasteiger charge is -2.17. The first-order valence-electron chi connectivity index (χ1n) is 4.71. The Bertz CT molecular complexity index is 372. The number of methoxy groups -OCH3 is 1. The maximum absolute atomic E-state index is 13.3. The van der Waals surface area contributed by atoms with Crippen LogP contribution in [-0.4, -0.2) is 7.11 Å². The Morgan fingerprint density at radius 3 is 2.57 bits per heavy atom. The van der Waals surface area contributed by atoms with Gasteiger partial charge in [0.05, 0.1) is 7.11 Å². The molecule has 0 aliphatic heterocycles. The molecule has 3 heteroatoms. The molecule has 0 heterocycles. The second-order valence-electron chi connectivity index (χ2n) is 3.91. The Morgan fingerprint density at radius 2 is 2.07 bits per heavy atom. The maximum atomic E-state index is 13.3. The van der Waals surface area contributed by atoms with Crippen LogP contribution < -0.4 is 10.5 Å². The molecule has 0 unspecified atom stereocenters. The molecule has 14 heavy (non-hydrogen) atoms. The molecule has 0 spiro atoms. The Hall–Kier alpha value is -1.09. The molecule has 0 radical (unpaired) electrons. The van der Waals surface area contributed by atoms with E-state index in [0.717, 1.165) is 18.4 Å². The highest BCUT2D eigenvalue weighted by molar-refractivity contribution is 5.47. The Morgan fingerprint density at radius 1 is 1.43 bits per heavy atom. The molecule has 2 rings (SSSR count). The molecule has 1 aliphatic rings. The van der Waals surface area contributed by atoms with E-state index in [4.69, 9.17) is 10.5 Å². The van der Waals surface area contributed by atoms with Crippen LogP contribution in [0, 0.1) is 12.7 Å². The summed E-state index contributed by atoms with van der Waals surface area (Å²) in [4.78, 5) is 0. The summed E-state index contributed by atoms with van der Waals surface area (Å²) in [5, 5.41) is 0. The van der Waals surface area contributed by atoms with E-state index in [1.807, 2.05) is 0 Å². The lowest BCUT2D eigenvalue weighted by atomic mass is 9.98. The minimum absolute atomic E-state index is 0.211. The summed E-state index contributed by atoms with van der Waals surface area (Å²) in [5.74, 6) is 0.487. The molecule has 76 valence electrons. The second-order valence-corrected chi connectivity index (χ2v) is 3.91. The van der Waals surface area contributed by atoms with Crippen LogP contribution >= 0.6 is 0 Å². The molecule has 2 nitrogen and oxygen atoms in total. The zero-order valence-corrected chi connectivity index (χ0v) is 8.43.